The normalized spacial score (nSPS) is 27.7. The summed E-state index contributed by atoms with van der Waals surface area (Å²) in [5.41, 5.74) is 8.32. The van der Waals surface area contributed by atoms with Crippen LogP contribution < -0.4 is 11.1 Å². The van der Waals surface area contributed by atoms with Crippen LogP contribution in [-0.4, -0.2) is 34.9 Å². The highest BCUT2D eigenvalue weighted by atomic mass is 32.1. The van der Waals surface area contributed by atoms with Crippen LogP contribution >= 0.6 is 11.5 Å². The maximum Gasteiger partial charge on any atom is 0.147 e. The lowest BCUT2D eigenvalue weighted by Crippen LogP contribution is -2.53. The Morgan fingerprint density at radius 2 is 1.95 bits per heavy atom. The molecule has 3 saturated heterocycles. The van der Waals surface area contributed by atoms with Gasteiger partial charge in [-0.15, -0.1) is 0 Å². The molecule has 21 heavy (non-hydrogen) atoms. The molecule has 1 unspecified atom stereocenters. The molecule has 0 saturated carbocycles. The number of aromatic nitrogens is 1. The number of fused-ring (bicyclic) bond motifs is 3. The SMILES string of the molecule is Nc1nsc(NC2CN3CCC2CC3)c1-c1ccccc1. The fraction of sp³-hybridized carbons (Fsp3) is 0.438. The highest BCUT2D eigenvalue weighted by molar-refractivity contribution is 7.11. The van der Waals surface area contributed by atoms with Gasteiger partial charge in [-0.3, -0.25) is 0 Å². The number of nitrogens with zero attached hydrogens (tertiary/aromatic N) is 2. The molecule has 5 rings (SSSR count). The first-order chi connectivity index (χ1) is 10.3. The second-order valence-electron chi connectivity index (χ2n) is 6.03. The third-order valence-corrected chi connectivity index (χ3v) is 5.55. The Morgan fingerprint density at radius 3 is 2.62 bits per heavy atom. The summed E-state index contributed by atoms with van der Waals surface area (Å²) in [5.74, 6) is 1.43. The zero-order valence-electron chi connectivity index (χ0n) is 12.0. The van der Waals surface area contributed by atoms with Gasteiger partial charge < -0.3 is 16.0 Å². The Labute approximate surface area is 129 Å². The van der Waals surface area contributed by atoms with Crippen LogP contribution in [0.1, 0.15) is 12.8 Å². The monoisotopic (exact) mass is 300 g/mol. The maximum absolute atomic E-state index is 6.10. The van der Waals surface area contributed by atoms with Crippen molar-refractivity contribution in [1.82, 2.24) is 9.27 Å². The number of nitrogen functional groups attached to an aromatic ring is 1. The number of rotatable bonds is 3. The quantitative estimate of drug-likeness (QED) is 0.915. The van der Waals surface area contributed by atoms with Crippen LogP contribution in [-0.2, 0) is 0 Å². The number of nitrogens with one attached hydrogen (secondary N) is 1. The molecule has 0 aliphatic carbocycles. The van der Waals surface area contributed by atoms with Crippen LogP contribution in [0.2, 0.25) is 0 Å². The van der Waals surface area contributed by atoms with Crippen LogP contribution in [0.5, 0.6) is 0 Å². The van der Waals surface area contributed by atoms with Gasteiger partial charge in [0.15, 0.2) is 0 Å². The molecule has 4 heterocycles. The van der Waals surface area contributed by atoms with Crippen molar-refractivity contribution in [2.75, 3.05) is 30.7 Å². The lowest BCUT2D eigenvalue weighted by atomic mass is 9.84. The summed E-state index contributed by atoms with van der Waals surface area (Å²) in [4.78, 5) is 2.56. The summed E-state index contributed by atoms with van der Waals surface area (Å²) in [6, 6.07) is 10.9. The summed E-state index contributed by atoms with van der Waals surface area (Å²) < 4.78 is 4.36. The van der Waals surface area contributed by atoms with Crippen LogP contribution in [0.4, 0.5) is 10.8 Å². The third kappa shape index (κ3) is 2.40. The maximum atomic E-state index is 6.10. The molecule has 110 valence electrons. The largest absolute Gasteiger partial charge is 0.382 e. The first-order valence-electron chi connectivity index (χ1n) is 7.61. The highest BCUT2D eigenvalue weighted by Gasteiger charge is 2.34. The van der Waals surface area contributed by atoms with E-state index < -0.39 is 0 Å². The lowest BCUT2D eigenvalue weighted by Gasteiger charge is -2.45. The Kier molecular flexibility index (Phi) is 3.31. The van der Waals surface area contributed by atoms with E-state index >= 15 is 0 Å². The van der Waals surface area contributed by atoms with E-state index in [-0.39, 0.29) is 0 Å². The minimum atomic E-state index is 0.537. The van der Waals surface area contributed by atoms with Crippen LogP contribution in [0.15, 0.2) is 30.3 Å². The summed E-state index contributed by atoms with van der Waals surface area (Å²) in [5, 5.41) is 4.86. The number of benzene rings is 1. The second-order valence-corrected chi connectivity index (χ2v) is 6.80. The van der Waals surface area contributed by atoms with E-state index in [9.17, 15) is 0 Å². The summed E-state index contributed by atoms with van der Waals surface area (Å²) in [6.07, 6.45) is 2.62. The molecule has 2 aromatic rings. The summed E-state index contributed by atoms with van der Waals surface area (Å²) in [7, 11) is 0. The Balaban J connectivity index is 1.62. The number of nitrogens with two attached hydrogens (primary N) is 1. The average Bonchev–Trinajstić information content (AvgIpc) is 2.90. The van der Waals surface area contributed by atoms with Gasteiger partial charge in [0.05, 0.1) is 5.56 Å². The van der Waals surface area contributed by atoms with Crippen molar-refractivity contribution in [2.24, 2.45) is 5.92 Å². The summed E-state index contributed by atoms with van der Waals surface area (Å²) in [6.45, 7) is 3.68. The predicted octanol–water partition coefficient (Wildman–Crippen LogP) is 2.90. The zero-order chi connectivity index (χ0) is 14.2. The van der Waals surface area contributed by atoms with Crippen molar-refractivity contribution in [3.8, 4) is 11.1 Å². The third-order valence-electron chi connectivity index (χ3n) is 4.75. The van der Waals surface area contributed by atoms with Crippen molar-refractivity contribution < 1.29 is 0 Å². The summed E-state index contributed by atoms with van der Waals surface area (Å²) >= 11 is 1.49. The van der Waals surface area contributed by atoms with Crippen molar-refractivity contribution in [2.45, 2.75) is 18.9 Å². The molecule has 5 heteroatoms. The number of piperidine rings is 3. The van der Waals surface area contributed by atoms with E-state index in [1.807, 2.05) is 18.2 Å². The fourth-order valence-corrected chi connectivity index (χ4v) is 4.38. The van der Waals surface area contributed by atoms with Gasteiger partial charge in [-0.1, -0.05) is 30.3 Å². The zero-order valence-corrected chi connectivity index (χ0v) is 12.8. The molecule has 0 radical (unpaired) electrons. The van der Waals surface area contributed by atoms with Gasteiger partial charge in [0.25, 0.3) is 0 Å². The van der Waals surface area contributed by atoms with Gasteiger partial charge in [0.2, 0.25) is 0 Å². The smallest absolute Gasteiger partial charge is 0.147 e. The molecule has 3 aliphatic heterocycles. The average molecular weight is 300 g/mol. The minimum absolute atomic E-state index is 0.537. The first kappa shape index (κ1) is 13.1. The van der Waals surface area contributed by atoms with Crippen LogP contribution in [0, 0.1) is 5.92 Å². The molecular formula is C16H20N4S. The standard InChI is InChI=1S/C16H20N4S/c17-15-14(12-4-2-1-3-5-12)16(21-19-15)18-13-10-20-8-6-11(13)7-9-20/h1-5,11,13,18H,6-10H2,(H2,17,19). The fourth-order valence-electron chi connectivity index (χ4n) is 3.58. The van der Waals surface area contributed by atoms with Gasteiger partial charge in [0, 0.05) is 12.6 Å². The van der Waals surface area contributed by atoms with Gasteiger partial charge in [-0.25, -0.2) is 0 Å². The molecule has 0 spiro atoms. The van der Waals surface area contributed by atoms with Gasteiger partial charge in [-0.05, 0) is 48.9 Å². The van der Waals surface area contributed by atoms with Crippen molar-refractivity contribution in [3.63, 3.8) is 0 Å². The van der Waals surface area contributed by atoms with E-state index in [1.54, 1.807) is 0 Å². The number of hydrogen-bond acceptors (Lipinski definition) is 5. The minimum Gasteiger partial charge on any atom is -0.382 e. The van der Waals surface area contributed by atoms with E-state index in [0.717, 1.165) is 28.6 Å². The second kappa shape index (κ2) is 5.31. The molecule has 4 nitrogen and oxygen atoms in total. The molecule has 3 N–H and O–H groups in total. The molecule has 1 aromatic carbocycles. The molecule has 1 aromatic heterocycles. The van der Waals surface area contributed by atoms with Gasteiger partial charge in [0.1, 0.15) is 10.8 Å². The van der Waals surface area contributed by atoms with Crippen LogP contribution in [0.25, 0.3) is 11.1 Å². The molecule has 2 bridgehead atoms. The molecule has 3 fully saturated rings. The molecular weight excluding hydrogens is 280 g/mol. The van der Waals surface area contributed by atoms with Crippen LogP contribution in [0.3, 0.4) is 0 Å². The van der Waals surface area contributed by atoms with E-state index in [2.05, 4.69) is 26.7 Å². The highest BCUT2D eigenvalue weighted by Crippen LogP contribution is 2.39. The van der Waals surface area contributed by atoms with Gasteiger partial charge >= 0.3 is 0 Å². The molecule has 1 atom stereocenters. The van der Waals surface area contributed by atoms with E-state index in [0.29, 0.717) is 11.9 Å². The molecule has 3 aliphatic rings. The number of hydrogen-bond donors (Lipinski definition) is 2. The Bertz CT molecular complexity index is 616. The molecule has 0 amide bonds. The lowest BCUT2D eigenvalue weighted by molar-refractivity contribution is 0.0977. The van der Waals surface area contributed by atoms with Crippen molar-refractivity contribution >= 4 is 22.4 Å². The predicted molar refractivity (Wildman–Crippen MR) is 88.5 cm³/mol. The van der Waals surface area contributed by atoms with Gasteiger partial charge in [-0.2, -0.15) is 4.37 Å². The Morgan fingerprint density at radius 1 is 1.19 bits per heavy atom. The van der Waals surface area contributed by atoms with E-state index in [4.69, 9.17) is 5.73 Å². The van der Waals surface area contributed by atoms with E-state index in [1.165, 1.54) is 37.5 Å². The van der Waals surface area contributed by atoms with Crippen molar-refractivity contribution in [1.29, 1.82) is 0 Å². The first-order valence-corrected chi connectivity index (χ1v) is 8.38. The van der Waals surface area contributed by atoms with Crippen molar-refractivity contribution in [3.05, 3.63) is 30.3 Å². The Hall–Kier alpha value is -1.59. The topological polar surface area (TPSA) is 54.2 Å². The number of anilines is 2.